The Labute approximate surface area is 81.2 Å². The van der Waals surface area contributed by atoms with Gasteiger partial charge in [0.05, 0.1) is 0 Å². The van der Waals surface area contributed by atoms with Crippen molar-refractivity contribution in [3.8, 4) is 11.1 Å². The van der Waals surface area contributed by atoms with Gasteiger partial charge in [0.25, 0.3) is 0 Å². The molecular formula is C11H8NO2. The standard InChI is InChI=1S/C11H8NO2/c13-11(14)12-7-6-10(8-12)9-4-2-1-3-5-9/h1-5,7-8H,(H,13,14). The molecule has 1 aromatic carbocycles. The van der Waals surface area contributed by atoms with Crippen LogP contribution in [0, 0.1) is 6.07 Å². The van der Waals surface area contributed by atoms with Gasteiger partial charge in [0.15, 0.2) is 0 Å². The van der Waals surface area contributed by atoms with Crippen molar-refractivity contribution in [2.45, 2.75) is 0 Å². The fourth-order valence-corrected chi connectivity index (χ4v) is 1.24. The first-order chi connectivity index (χ1) is 6.77. The van der Waals surface area contributed by atoms with Gasteiger partial charge in [0.1, 0.15) is 0 Å². The third-order valence-electron chi connectivity index (χ3n) is 1.93. The van der Waals surface area contributed by atoms with E-state index >= 15 is 0 Å². The zero-order valence-corrected chi connectivity index (χ0v) is 7.34. The summed E-state index contributed by atoms with van der Waals surface area (Å²) < 4.78 is 1.09. The lowest BCUT2D eigenvalue weighted by atomic mass is 10.1. The average molecular weight is 186 g/mol. The summed E-state index contributed by atoms with van der Waals surface area (Å²) in [6.07, 6.45) is 1.95. The fraction of sp³-hybridized carbons (Fsp3) is 0. The number of aromatic nitrogens is 1. The van der Waals surface area contributed by atoms with Crippen molar-refractivity contribution in [1.82, 2.24) is 4.57 Å². The lowest BCUT2D eigenvalue weighted by Crippen LogP contribution is -2.03. The van der Waals surface area contributed by atoms with Crippen molar-refractivity contribution in [1.29, 1.82) is 0 Å². The zero-order chi connectivity index (χ0) is 9.97. The Morgan fingerprint density at radius 1 is 1.29 bits per heavy atom. The van der Waals surface area contributed by atoms with Crippen LogP contribution in [0.25, 0.3) is 11.1 Å². The topological polar surface area (TPSA) is 42.2 Å². The van der Waals surface area contributed by atoms with Gasteiger partial charge in [-0.1, -0.05) is 30.3 Å². The maximum atomic E-state index is 10.6. The van der Waals surface area contributed by atoms with Crippen LogP contribution >= 0.6 is 0 Å². The highest BCUT2D eigenvalue weighted by atomic mass is 16.4. The van der Waals surface area contributed by atoms with Crippen molar-refractivity contribution in [3.63, 3.8) is 0 Å². The lowest BCUT2D eigenvalue weighted by Gasteiger charge is -1.95. The number of carboxylic acid groups (broad SMARTS) is 1. The number of hydrogen-bond acceptors (Lipinski definition) is 1. The van der Waals surface area contributed by atoms with E-state index in [2.05, 4.69) is 6.07 Å². The first-order valence-electron chi connectivity index (χ1n) is 4.16. The van der Waals surface area contributed by atoms with E-state index in [1.165, 1.54) is 12.4 Å². The summed E-state index contributed by atoms with van der Waals surface area (Å²) in [7, 11) is 0. The van der Waals surface area contributed by atoms with Crippen molar-refractivity contribution < 1.29 is 9.90 Å². The molecule has 0 atom stereocenters. The summed E-state index contributed by atoms with van der Waals surface area (Å²) >= 11 is 0. The Kier molecular flexibility index (Phi) is 2.07. The van der Waals surface area contributed by atoms with Gasteiger partial charge in [0.2, 0.25) is 0 Å². The molecule has 0 saturated heterocycles. The highest BCUT2D eigenvalue weighted by molar-refractivity contribution is 5.72. The van der Waals surface area contributed by atoms with Gasteiger partial charge in [-0.15, -0.1) is 0 Å². The van der Waals surface area contributed by atoms with Crippen molar-refractivity contribution in [2.75, 3.05) is 0 Å². The van der Waals surface area contributed by atoms with Gasteiger partial charge >= 0.3 is 6.09 Å². The molecule has 1 aromatic heterocycles. The Bertz CT molecular complexity index is 445. The van der Waals surface area contributed by atoms with Crippen LogP contribution < -0.4 is 0 Å². The molecule has 3 heteroatoms. The van der Waals surface area contributed by atoms with Gasteiger partial charge < -0.3 is 5.11 Å². The minimum absolute atomic E-state index is 0.785. The van der Waals surface area contributed by atoms with Crippen molar-refractivity contribution in [2.24, 2.45) is 0 Å². The predicted molar refractivity (Wildman–Crippen MR) is 52.1 cm³/mol. The predicted octanol–water partition coefficient (Wildman–Crippen LogP) is 2.48. The fourth-order valence-electron chi connectivity index (χ4n) is 1.24. The van der Waals surface area contributed by atoms with Crippen LogP contribution in [0.1, 0.15) is 0 Å². The van der Waals surface area contributed by atoms with Crippen LogP contribution in [-0.4, -0.2) is 15.8 Å². The average Bonchev–Trinajstić information content (AvgIpc) is 2.68. The van der Waals surface area contributed by atoms with Gasteiger partial charge in [-0.3, -0.25) is 4.57 Å². The van der Waals surface area contributed by atoms with Crippen LogP contribution in [0.5, 0.6) is 0 Å². The molecule has 0 aliphatic rings. The van der Waals surface area contributed by atoms with E-state index in [0.717, 1.165) is 15.7 Å². The molecule has 0 fully saturated rings. The zero-order valence-electron chi connectivity index (χ0n) is 7.34. The molecule has 1 radical (unpaired) electrons. The van der Waals surface area contributed by atoms with E-state index < -0.39 is 6.09 Å². The van der Waals surface area contributed by atoms with Crippen LogP contribution in [-0.2, 0) is 0 Å². The second-order valence-corrected chi connectivity index (χ2v) is 2.87. The third-order valence-corrected chi connectivity index (χ3v) is 1.93. The molecule has 0 aliphatic carbocycles. The minimum atomic E-state index is -0.997. The molecule has 14 heavy (non-hydrogen) atoms. The number of nitrogens with zero attached hydrogens (tertiary/aromatic N) is 1. The molecular weight excluding hydrogens is 178 g/mol. The molecule has 0 amide bonds. The monoisotopic (exact) mass is 186 g/mol. The summed E-state index contributed by atoms with van der Waals surface area (Å²) in [6, 6.07) is 12.4. The van der Waals surface area contributed by atoms with Crippen LogP contribution in [0.2, 0.25) is 0 Å². The van der Waals surface area contributed by atoms with E-state index in [9.17, 15) is 4.79 Å². The molecule has 2 aromatic rings. The third kappa shape index (κ3) is 1.52. The van der Waals surface area contributed by atoms with Crippen molar-refractivity contribution in [3.05, 3.63) is 48.8 Å². The molecule has 69 valence electrons. The Morgan fingerprint density at radius 2 is 2.00 bits per heavy atom. The first kappa shape index (κ1) is 8.56. The summed E-state index contributed by atoms with van der Waals surface area (Å²) in [6.45, 7) is 0. The normalized spacial score (nSPS) is 10.0. The largest absolute Gasteiger partial charge is 0.464 e. The Balaban J connectivity index is 2.39. The van der Waals surface area contributed by atoms with E-state index in [0.29, 0.717) is 0 Å². The summed E-state index contributed by atoms with van der Waals surface area (Å²) in [5.41, 5.74) is 1.75. The number of hydrogen-bond donors (Lipinski definition) is 1. The molecule has 0 aliphatic heterocycles. The van der Waals surface area contributed by atoms with Gasteiger partial charge in [-0.2, -0.15) is 0 Å². The Morgan fingerprint density at radius 3 is 2.57 bits per heavy atom. The summed E-state index contributed by atoms with van der Waals surface area (Å²) in [5.74, 6) is 0. The van der Waals surface area contributed by atoms with E-state index in [4.69, 9.17) is 5.11 Å². The molecule has 0 spiro atoms. The SMILES string of the molecule is O=C(O)n1c[c]c(-c2ccccc2)c1. The highest BCUT2D eigenvalue weighted by Gasteiger charge is 2.03. The van der Waals surface area contributed by atoms with Crippen LogP contribution in [0.4, 0.5) is 4.79 Å². The molecule has 0 unspecified atom stereocenters. The number of benzene rings is 1. The molecule has 0 saturated carbocycles. The van der Waals surface area contributed by atoms with Gasteiger partial charge in [0, 0.05) is 24.0 Å². The van der Waals surface area contributed by atoms with Gasteiger partial charge in [-0.25, -0.2) is 4.79 Å². The summed E-state index contributed by atoms with van der Waals surface area (Å²) in [5, 5.41) is 8.69. The second-order valence-electron chi connectivity index (χ2n) is 2.87. The molecule has 0 bridgehead atoms. The maximum Gasteiger partial charge on any atom is 0.415 e. The van der Waals surface area contributed by atoms with Crippen LogP contribution in [0.3, 0.4) is 0 Å². The van der Waals surface area contributed by atoms with Crippen molar-refractivity contribution >= 4 is 6.09 Å². The molecule has 2 rings (SSSR count). The maximum absolute atomic E-state index is 10.6. The Hall–Kier alpha value is -2.03. The highest BCUT2D eigenvalue weighted by Crippen LogP contribution is 2.17. The first-order valence-corrected chi connectivity index (χ1v) is 4.16. The smallest absolute Gasteiger partial charge is 0.415 e. The van der Waals surface area contributed by atoms with E-state index in [1.54, 1.807) is 0 Å². The van der Waals surface area contributed by atoms with E-state index in [1.807, 2.05) is 30.3 Å². The van der Waals surface area contributed by atoms with Gasteiger partial charge in [-0.05, 0) is 5.56 Å². The van der Waals surface area contributed by atoms with Crippen LogP contribution in [0.15, 0.2) is 42.7 Å². The number of carbonyl (C=O) groups is 1. The quantitative estimate of drug-likeness (QED) is 0.743. The minimum Gasteiger partial charge on any atom is -0.464 e. The number of rotatable bonds is 1. The second kappa shape index (κ2) is 3.38. The molecule has 1 N–H and O–H groups in total. The molecule has 1 heterocycles. The lowest BCUT2D eigenvalue weighted by molar-refractivity contribution is 0.196. The molecule has 3 nitrogen and oxygen atoms in total. The van der Waals surface area contributed by atoms with E-state index in [-0.39, 0.29) is 0 Å². The summed E-state index contributed by atoms with van der Waals surface area (Å²) in [4.78, 5) is 10.6.